The summed E-state index contributed by atoms with van der Waals surface area (Å²) in [6.45, 7) is 4.84. The Morgan fingerprint density at radius 1 is 1.17 bits per heavy atom. The van der Waals surface area contributed by atoms with Crippen LogP contribution in [0.2, 0.25) is 0 Å². The molecular formula is C22H23FN4O2S. The number of halogens is 1. The zero-order valence-corrected chi connectivity index (χ0v) is 17.7. The van der Waals surface area contributed by atoms with Crippen LogP contribution >= 0.6 is 11.3 Å². The van der Waals surface area contributed by atoms with Gasteiger partial charge in [0.25, 0.3) is 11.8 Å². The SMILES string of the molecule is Cc1cc(C(=O)NC2CCN(C(=O)c3ccccc3F)CC2)c(C)n1-c1nccs1. The zero-order chi connectivity index (χ0) is 21.3. The largest absolute Gasteiger partial charge is 0.349 e. The molecule has 2 aromatic heterocycles. The molecule has 1 aliphatic heterocycles. The quantitative estimate of drug-likeness (QED) is 0.691. The molecule has 1 aromatic carbocycles. The normalized spacial score (nSPS) is 14.7. The zero-order valence-electron chi connectivity index (χ0n) is 16.9. The Hall–Kier alpha value is -3.00. The smallest absolute Gasteiger partial charge is 0.256 e. The monoisotopic (exact) mass is 426 g/mol. The van der Waals surface area contributed by atoms with E-state index in [9.17, 15) is 14.0 Å². The Bertz CT molecular complexity index is 1070. The van der Waals surface area contributed by atoms with E-state index in [1.165, 1.54) is 23.5 Å². The first-order valence-corrected chi connectivity index (χ1v) is 10.8. The fraction of sp³-hybridized carbons (Fsp3) is 0.318. The standard InChI is InChI=1S/C22H23FN4O2S/c1-14-13-18(15(2)27(14)22-24-9-12-30-22)20(28)25-16-7-10-26(11-8-16)21(29)17-5-3-4-6-19(17)23/h3-6,9,12-13,16H,7-8,10-11H2,1-2H3,(H,25,28). The summed E-state index contributed by atoms with van der Waals surface area (Å²) >= 11 is 1.52. The lowest BCUT2D eigenvalue weighted by Crippen LogP contribution is -2.46. The molecule has 1 saturated heterocycles. The second kappa shape index (κ2) is 8.39. The van der Waals surface area contributed by atoms with Crippen LogP contribution in [0.1, 0.15) is 44.9 Å². The van der Waals surface area contributed by atoms with Crippen molar-refractivity contribution in [3.63, 3.8) is 0 Å². The lowest BCUT2D eigenvalue weighted by molar-refractivity contribution is 0.0693. The van der Waals surface area contributed by atoms with E-state index in [0.717, 1.165) is 16.5 Å². The van der Waals surface area contributed by atoms with Crippen LogP contribution in [-0.4, -0.2) is 45.4 Å². The Labute approximate surface area is 178 Å². The van der Waals surface area contributed by atoms with Crippen molar-refractivity contribution >= 4 is 23.2 Å². The molecule has 8 heteroatoms. The van der Waals surface area contributed by atoms with Gasteiger partial charge in [-0.25, -0.2) is 9.37 Å². The third-order valence-electron chi connectivity index (χ3n) is 5.51. The predicted molar refractivity (Wildman–Crippen MR) is 114 cm³/mol. The number of hydrogen-bond acceptors (Lipinski definition) is 4. The second-order valence-corrected chi connectivity index (χ2v) is 8.33. The van der Waals surface area contributed by atoms with Gasteiger partial charge in [-0.15, -0.1) is 11.3 Å². The van der Waals surface area contributed by atoms with Gasteiger partial charge in [0.15, 0.2) is 5.13 Å². The molecular weight excluding hydrogens is 403 g/mol. The minimum Gasteiger partial charge on any atom is -0.349 e. The van der Waals surface area contributed by atoms with Crippen LogP contribution in [0.25, 0.3) is 5.13 Å². The first kappa shape index (κ1) is 20.3. The van der Waals surface area contributed by atoms with Gasteiger partial charge in [-0.2, -0.15) is 0 Å². The molecule has 0 unspecified atom stereocenters. The van der Waals surface area contributed by atoms with Gasteiger partial charge in [0, 0.05) is 42.1 Å². The fourth-order valence-corrected chi connectivity index (χ4v) is 4.66. The maximum Gasteiger partial charge on any atom is 0.256 e. The topological polar surface area (TPSA) is 67.2 Å². The van der Waals surface area contributed by atoms with E-state index >= 15 is 0 Å². The highest BCUT2D eigenvalue weighted by Crippen LogP contribution is 2.23. The van der Waals surface area contributed by atoms with Gasteiger partial charge >= 0.3 is 0 Å². The number of hydrogen-bond donors (Lipinski definition) is 1. The number of carbonyl (C=O) groups is 2. The molecule has 6 nitrogen and oxygen atoms in total. The van der Waals surface area contributed by atoms with Crippen molar-refractivity contribution in [2.24, 2.45) is 0 Å². The number of carbonyl (C=O) groups excluding carboxylic acids is 2. The van der Waals surface area contributed by atoms with E-state index in [2.05, 4.69) is 10.3 Å². The van der Waals surface area contributed by atoms with Gasteiger partial charge in [-0.05, 0) is 44.9 Å². The van der Waals surface area contributed by atoms with Crippen molar-refractivity contribution in [1.29, 1.82) is 0 Å². The Morgan fingerprint density at radius 2 is 1.90 bits per heavy atom. The van der Waals surface area contributed by atoms with Gasteiger partial charge in [-0.1, -0.05) is 12.1 Å². The summed E-state index contributed by atoms with van der Waals surface area (Å²) in [5, 5.41) is 5.84. The van der Waals surface area contributed by atoms with Gasteiger partial charge in [0.05, 0.1) is 11.1 Å². The second-order valence-electron chi connectivity index (χ2n) is 7.45. The first-order valence-electron chi connectivity index (χ1n) is 9.89. The van der Waals surface area contributed by atoms with E-state index in [1.54, 1.807) is 23.2 Å². The summed E-state index contributed by atoms with van der Waals surface area (Å²) in [4.78, 5) is 31.4. The van der Waals surface area contributed by atoms with Gasteiger partial charge in [0.1, 0.15) is 5.82 Å². The van der Waals surface area contributed by atoms with Crippen molar-refractivity contribution in [2.45, 2.75) is 32.7 Å². The van der Waals surface area contributed by atoms with Crippen LogP contribution in [0.15, 0.2) is 41.9 Å². The Morgan fingerprint density at radius 3 is 2.57 bits per heavy atom. The molecule has 3 aromatic rings. The van der Waals surface area contributed by atoms with Crippen LogP contribution in [0.5, 0.6) is 0 Å². The average Bonchev–Trinajstić information content (AvgIpc) is 3.36. The molecule has 1 fully saturated rings. The average molecular weight is 427 g/mol. The maximum atomic E-state index is 13.9. The number of thiazole rings is 1. The maximum absolute atomic E-state index is 13.9. The summed E-state index contributed by atoms with van der Waals surface area (Å²) in [7, 11) is 0. The van der Waals surface area contributed by atoms with Crippen molar-refractivity contribution in [3.05, 3.63) is 70.2 Å². The summed E-state index contributed by atoms with van der Waals surface area (Å²) < 4.78 is 15.9. The minimum atomic E-state index is -0.506. The van der Waals surface area contributed by atoms with Gasteiger partial charge in [-0.3, -0.25) is 14.2 Å². The van der Waals surface area contributed by atoms with Gasteiger partial charge in [0.2, 0.25) is 0 Å². The van der Waals surface area contributed by atoms with Crippen molar-refractivity contribution in [2.75, 3.05) is 13.1 Å². The van der Waals surface area contributed by atoms with Crippen LogP contribution in [-0.2, 0) is 0 Å². The number of piperidine rings is 1. The van der Waals surface area contributed by atoms with E-state index in [4.69, 9.17) is 0 Å². The molecule has 4 rings (SSSR count). The third-order valence-corrected chi connectivity index (χ3v) is 6.26. The predicted octanol–water partition coefficient (Wildman–Crippen LogP) is 3.72. The summed E-state index contributed by atoms with van der Waals surface area (Å²) in [5.74, 6) is -0.928. The van der Waals surface area contributed by atoms with Crippen LogP contribution in [0.4, 0.5) is 4.39 Å². The first-order chi connectivity index (χ1) is 14.5. The summed E-state index contributed by atoms with van der Waals surface area (Å²) in [6.07, 6.45) is 3.02. The molecule has 0 spiro atoms. The molecule has 156 valence electrons. The number of rotatable bonds is 4. The highest BCUT2D eigenvalue weighted by Gasteiger charge is 2.27. The lowest BCUT2D eigenvalue weighted by atomic mass is 10.0. The molecule has 0 bridgehead atoms. The number of nitrogens with zero attached hydrogens (tertiary/aromatic N) is 3. The van der Waals surface area contributed by atoms with Gasteiger partial charge < -0.3 is 10.2 Å². The molecule has 2 amide bonds. The molecule has 0 saturated carbocycles. The number of benzene rings is 1. The molecule has 3 heterocycles. The van der Waals surface area contributed by atoms with E-state index in [1.807, 2.05) is 29.9 Å². The third kappa shape index (κ3) is 3.87. The minimum absolute atomic E-state index is 0.0231. The summed E-state index contributed by atoms with van der Waals surface area (Å²) in [5.41, 5.74) is 2.53. The number of nitrogens with one attached hydrogen (secondary N) is 1. The van der Waals surface area contributed by atoms with E-state index < -0.39 is 5.82 Å². The number of aryl methyl sites for hydroxylation is 1. The Kier molecular flexibility index (Phi) is 5.67. The highest BCUT2D eigenvalue weighted by molar-refractivity contribution is 7.12. The number of aromatic nitrogens is 2. The molecule has 1 N–H and O–H groups in total. The molecule has 0 radical (unpaired) electrons. The van der Waals surface area contributed by atoms with Crippen LogP contribution < -0.4 is 5.32 Å². The van der Waals surface area contributed by atoms with Crippen LogP contribution in [0, 0.1) is 19.7 Å². The highest BCUT2D eigenvalue weighted by atomic mass is 32.1. The number of amides is 2. The van der Waals surface area contributed by atoms with Crippen molar-refractivity contribution < 1.29 is 14.0 Å². The van der Waals surface area contributed by atoms with E-state index in [0.29, 0.717) is 31.5 Å². The molecule has 1 aliphatic rings. The van der Waals surface area contributed by atoms with Crippen molar-refractivity contribution in [3.8, 4) is 5.13 Å². The summed E-state index contributed by atoms with van der Waals surface area (Å²) in [6, 6.07) is 7.88. The van der Waals surface area contributed by atoms with Crippen molar-refractivity contribution in [1.82, 2.24) is 19.8 Å². The van der Waals surface area contributed by atoms with Crippen LogP contribution in [0.3, 0.4) is 0 Å². The van der Waals surface area contributed by atoms with E-state index in [-0.39, 0.29) is 23.4 Å². The molecule has 0 aliphatic carbocycles. The lowest BCUT2D eigenvalue weighted by Gasteiger charge is -2.32. The number of likely N-dealkylation sites (tertiary alicyclic amines) is 1. The Balaban J connectivity index is 1.39. The molecule has 0 atom stereocenters. The fourth-order valence-electron chi connectivity index (χ4n) is 3.91. The molecule has 30 heavy (non-hydrogen) atoms.